The molecule has 28 heavy (non-hydrogen) atoms. The van der Waals surface area contributed by atoms with Gasteiger partial charge in [-0.05, 0) is 49.7 Å². The summed E-state index contributed by atoms with van der Waals surface area (Å²) in [5.41, 5.74) is 0.966. The number of piperidine rings is 2. The number of hydrogen-bond acceptors (Lipinski definition) is 4. The maximum absolute atomic E-state index is 12.1. The van der Waals surface area contributed by atoms with E-state index in [-0.39, 0.29) is 11.9 Å². The molecule has 2 saturated heterocycles. The minimum atomic E-state index is -0.250. The fraction of sp³-hybridized carbons (Fsp3) is 0.667. The van der Waals surface area contributed by atoms with Crippen LogP contribution in [0.4, 0.5) is 10.6 Å². The molecule has 1 aromatic heterocycles. The number of amides is 3. The van der Waals surface area contributed by atoms with Crippen LogP contribution in [0.1, 0.15) is 51.0 Å². The summed E-state index contributed by atoms with van der Waals surface area (Å²) >= 11 is 0. The van der Waals surface area contributed by atoms with E-state index in [1.807, 2.05) is 23.2 Å². The van der Waals surface area contributed by atoms with Gasteiger partial charge in [-0.1, -0.05) is 13.0 Å². The summed E-state index contributed by atoms with van der Waals surface area (Å²) in [6, 6.07) is 3.79. The zero-order chi connectivity index (χ0) is 19.8. The lowest BCUT2D eigenvalue weighted by molar-refractivity contribution is -0.131. The molecule has 0 spiro atoms. The lowest BCUT2D eigenvalue weighted by Crippen LogP contribution is -2.40. The van der Waals surface area contributed by atoms with E-state index in [9.17, 15) is 9.59 Å². The molecular formula is C21H33N5O2. The summed E-state index contributed by atoms with van der Waals surface area (Å²) in [5, 5.41) is 5.59. The number of anilines is 1. The first-order valence-electron chi connectivity index (χ1n) is 10.6. The highest BCUT2D eigenvalue weighted by Crippen LogP contribution is 2.21. The predicted octanol–water partition coefficient (Wildman–Crippen LogP) is 2.52. The quantitative estimate of drug-likeness (QED) is 0.786. The Hall–Kier alpha value is -2.31. The van der Waals surface area contributed by atoms with Gasteiger partial charge in [0.05, 0.1) is 0 Å². The highest BCUT2D eigenvalue weighted by molar-refractivity contribution is 5.78. The van der Waals surface area contributed by atoms with Crippen molar-refractivity contribution in [3.05, 3.63) is 23.9 Å². The third-order valence-electron chi connectivity index (χ3n) is 5.70. The Kier molecular flexibility index (Phi) is 7.51. The van der Waals surface area contributed by atoms with Crippen LogP contribution in [0.25, 0.3) is 0 Å². The number of likely N-dealkylation sites (tertiary alicyclic amines) is 1. The highest BCUT2D eigenvalue weighted by atomic mass is 16.2. The monoisotopic (exact) mass is 387 g/mol. The van der Waals surface area contributed by atoms with Crippen LogP contribution in [-0.2, 0) is 11.3 Å². The second kappa shape index (κ2) is 10.3. The first kappa shape index (κ1) is 20.4. The van der Waals surface area contributed by atoms with Crippen molar-refractivity contribution < 1.29 is 9.59 Å². The fourth-order valence-corrected chi connectivity index (χ4v) is 3.78. The summed E-state index contributed by atoms with van der Waals surface area (Å²) in [6.07, 6.45) is 7.99. The summed E-state index contributed by atoms with van der Waals surface area (Å²) in [5.74, 6) is 1.94. The SMILES string of the molecule is CC1CCN(c2ccc(CNC(=O)NCCC(=O)N3CCCCC3)cn2)CC1. The Morgan fingerprint density at radius 3 is 2.50 bits per heavy atom. The van der Waals surface area contributed by atoms with Crippen LogP contribution in [0.5, 0.6) is 0 Å². The molecule has 0 bridgehead atoms. The second-order valence-electron chi connectivity index (χ2n) is 8.00. The zero-order valence-electron chi connectivity index (χ0n) is 17.0. The number of carbonyl (C=O) groups excluding carboxylic acids is 2. The average Bonchev–Trinajstić information content (AvgIpc) is 2.74. The largest absolute Gasteiger partial charge is 0.357 e. The lowest BCUT2D eigenvalue weighted by atomic mass is 9.99. The van der Waals surface area contributed by atoms with Crippen molar-refractivity contribution >= 4 is 17.8 Å². The van der Waals surface area contributed by atoms with E-state index in [4.69, 9.17) is 0 Å². The first-order chi connectivity index (χ1) is 13.6. The Labute approximate surface area is 167 Å². The molecule has 0 radical (unpaired) electrons. The lowest BCUT2D eigenvalue weighted by Gasteiger charge is -2.31. The van der Waals surface area contributed by atoms with Gasteiger partial charge in [0.2, 0.25) is 5.91 Å². The maximum Gasteiger partial charge on any atom is 0.315 e. The molecule has 7 heteroatoms. The molecule has 1 aromatic rings. The molecule has 7 nitrogen and oxygen atoms in total. The van der Waals surface area contributed by atoms with Crippen molar-refractivity contribution in [2.24, 2.45) is 5.92 Å². The predicted molar refractivity (Wildman–Crippen MR) is 110 cm³/mol. The number of pyridine rings is 1. The van der Waals surface area contributed by atoms with E-state index in [1.165, 1.54) is 19.3 Å². The van der Waals surface area contributed by atoms with Gasteiger partial charge < -0.3 is 20.4 Å². The summed E-state index contributed by atoms with van der Waals surface area (Å²) in [6.45, 7) is 6.92. The minimum Gasteiger partial charge on any atom is -0.357 e. The number of hydrogen-bond donors (Lipinski definition) is 2. The Bertz CT molecular complexity index is 635. The van der Waals surface area contributed by atoms with Crippen molar-refractivity contribution in [1.29, 1.82) is 0 Å². The first-order valence-corrected chi connectivity index (χ1v) is 10.6. The van der Waals surface area contributed by atoms with E-state index < -0.39 is 0 Å². The van der Waals surface area contributed by atoms with E-state index >= 15 is 0 Å². The summed E-state index contributed by atoms with van der Waals surface area (Å²) < 4.78 is 0. The summed E-state index contributed by atoms with van der Waals surface area (Å²) in [4.78, 5) is 32.8. The molecule has 3 amide bonds. The molecule has 0 saturated carbocycles. The van der Waals surface area contributed by atoms with Gasteiger partial charge in [0.1, 0.15) is 5.82 Å². The van der Waals surface area contributed by atoms with Gasteiger partial charge in [-0.25, -0.2) is 9.78 Å². The summed E-state index contributed by atoms with van der Waals surface area (Å²) in [7, 11) is 0. The standard InChI is InChI=1S/C21H33N5O2/c1-17-8-13-25(14-9-17)19-6-5-18(15-23-19)16-24-21(28)22-10-7-20(27)26-11-3-2-4-12-26/h5-6,15,17H,2-4,7-14,16H2,1H3,(H2,22,24,28). The van der Waals surface area contributed by atoms with Crippen LogP contribution in [0.15, 0.2) is 18.3 Å². The molecule has 0 atom stereocenters. The minimum absolute atomic E-state index is 0.131. The number of carbonyl (C=O) groups is 2. The molecule has 3 heterocycles. The molecule has 2 fully saturated rings. The van der Waals surface area contributed by atoms with Crippen LogP contribution < -0.4 is 15.5 Å². The van der Waals surface area contributed by atoms with Crippen molar-refractivity contribution in [3.63, 3.8) is 0 Å². The van der Waals surface area contributed by atoms with E-state index in [2.05, 4.69) is 27.4 Å². The van der Waals surface area contributed by atoms with E-state index in [0.717, 1.165) is 56.3 Å². The molecule has 2 aliphatic rings. The normalized spacial score (nSPS) is 18.0. The van der Waals surface area contributed by atoms with Crippen LogP contribution >= 0.6 is 0 Å². The van der Waals surface area contributed by atoms with Gasteiger partial charge in [0.25, 0.3) is 0 Å². The number of urea groups is 1. The van der Waals surface area contributed by atoms with Crippen molar-refractivity contribution in [2.75, 3.05) is 37.6 Å². The van der Waals surface area contributed by atoms with Gasteiger partial charge in [-0.2, -0.15) is 0 Å². The van der Waals surface area contributed by atoms with Gasteiger partial charge in [-0.3, -0.25) is 4.79 Å². The Morgan fingerprint density at radius 2 is 1.82 bits per heavy atom. The topological polar surface area (TPSA) is 77.6 Å². The Morgan fingerprint density at radius 1 is 1.07 bits per heavy atom. The second-order valence-corrected chi connectivity index (χ2v) is 8.00. The number of rotatable bonds is 6. The number of aromatic nitrogens is 1. The third-order valence-corrected chi connectivity index (χ3v) is 5.70. The zero-order valence-corrected chi connectivity index (χ0v) is 17.0. The molecule has 0 unspecified atom stereocenters. The van der Waals surface area contributed by atoms with Gasteiger partial charge >= 0.3 is 6.03 Å². The third kappa shape index (κ3) is 6.11. The maximum atomic E-state index is 12.1. The number of nitrogens with one attached hydrogen (secondary N) is 2. The van der Waals surface area contributed by atoms with Crippen LogP contribution in [-0.4, -0.2) is 54.5 Å². The van der Waals surface area contributed by atoms with Crippen LogP contribution in [0.3, 0.4) is 0 Å². The van der Waals surface area contributed by atoms with Crippen molar-refractivity contribution in [3.8, 4) is 0 Å². The molecular weight excluding hydrogens is 354 g/mol. The molecule has 3 rings (SSSR count). The van der Waals surface area contributed by atoms with Crippen LogP contribution in [0, 0.1) is 5.92 Å². The number of nitrogens with zero attached hydrogens (tertiary/aromatic N) is 3. The van der Waals surface area contributed by atoms with E-state index in [1.54, 1.807) is 0 Å². The van der Waals surface area contributed by atoms with Crippen molar-refractivity contribution in [1.82, 2.24) is 20.5 Å². The molecule has 0 aromatic carbocycles. The van der Waals surface area contributed by atoms with Gasteiger partial charge in [0.15, 0.2) is 0 Å². The fourth-order valence-electron chi connectivity index (χ4n) is 3.78. The molecule has 2 N–H and O–H groups in total. The van der Waals surface area contributed by atoms with Crippen molar-refractivity contribution in [2.45, 2.75) is 52.0 Å². The molecule has 2 aliphatic heterocycles. The highest BCUT2D eigenvalue weighted by Gasteiger charge is 2.17. The van der Waals surface area contributed by atoms with Gasteiger partial charge in [0, 0.05) is 51.9 Å². The van der Waals surface area contributed by atoms with Crippen LogP contribution in [0.2, 0.25) is 0 Å². The average molecular weight is 388 g/mol. The molecule has 154 valence electrons. The molecule has 0 aliphatic carbocycles. The van der Waals surface area contributed by atoms with Gasteiger partial charge in [-0.15, -0.1) is 0 Å². The smallest absolute Gasteiger partial charge is 0.315 e. The van der Waals surface area contributed by atoms with E-state index in [0.29, 0.717) is 19.5 Å². The Balaban J connectivity index is 1.33.